The SMILES string of the molecule is CCCCCCCCCCCCCCC(C)[n+]1cc[nH]c1C(CCCCCCCCCC)CCCCCCCCCC. The molecule has 0 aliphatic carbocycles. The third-order valence-electron chi connectivity index (χ3n) is 9.89. The molecule has 2 nitrogen and oxygen atoms in total. The largest absolute Gasteiger partial charge is 0.257 e. The van der Waals surface area contributed by atoms with Gasteiger partial charge in [-0.2, -0.15) is 0 Å². The van der Waals surface area contributed by atoms with E-state index in [9.17, 15) is 0 Å². The summed E-state index contributed by atoms with van der Waals surface area (Å²) in [6.45, 7) is 9.42. The molecule has 0 fully saturated rings. The van der Waals surface area contributed by atoms with E-state index in [0.717, 1.165) is 0 Å². The van der Waals surface area contributed by atoms with Gasteiger partial charge in [0, 0.05) is 0 Å². The first-order valence-corrected chi connectivity index (χ1v) is 19.8. The van der Waals surface area contributed by atoms with Crippen molar-refractivity contribution in [2.45, 2.75) is 239 Å². The van der Waals surface area contributed by atoms with E-state index in [2.05, 4.69) is 49.6 Å². The number of nitrogens with one attached hydrogen (secondary N) is 1. The van der Waals surface area contributed by atoms with Crippen LogP contribution in [0.5, 0.6) is 0 Å². The minimum atomic E-state index is 0.619. The van der Waals surface area contributed by atoms with Gasteiger partial charge >= 0.3 is 0 Å². The maximum Gasteiger partial charge on any atom is 0.257 e. The quantitative estimate of drug-likeness (QED) is 0.0623. The second-order valence-corrected chi connectivity index (χ2v) is 14.0. The maximum atomic E-state index is 3.75. The van der Waals surface area contributed by atoms with Gasteiger partial charge in [0.05, 0.1) is 12.0 Å². The molecule has 1 N–H and O–H groups in total. The highest BCUT2D eigenvalue weighted by molar-refractivity contribution is 4.90. The van der Waals surface area contributed by atoms with Crippen LogP contribution in [0.1, 0.15) is 245 Å². The Morgan fingerprint density at radius 3 is 1.12 bits per heavy atom. The van der Waals surface area contributed by atoms with Crippen LogP contribution in [-0.4, -0.2) is 4.98 Å². The van der Waals surface area contributed by atoms with Crippen molar-refractivity contribution in [2.75, 3.05) is 0 Å². The van der Waals surface area contributed by atoms with Crippen LogP contribution in [-0.2, 0) is 0 Å². The van der Waals surface area contributed by atoms with E-state index in [0.29, 0.717) is 12.0 Å². The van der Waals surface area contributed by atoms with Crippen molar-refractivity contribution < 1.29 is 4.57 Å². The highest BCUT2D eigenvalue weighted by atomic mass is 15.1. The van der Waals surface area contributed by atoms with E-state index in [1.807, 2.05) is 0 Å². The fourth-order valence-corrected chi connectivity index (χ4v) is 6.96. The molecule has 0 saturated heterocycles. The van der Waals surface area contributed by atoms with Crippen molar-refractivity contribution in [3.05, 3.63) is 18.2 Å². The first-order chi connectivity index (χ1) is 20.7. The minimum absolute atomic E-state index is 0.619. The number of imidazole rings is 1. The number of unbranched alkanes of at least 4 members (excludes halogenated alkanes) is 25. The Hall–Kier alpha value is -0.790. The first-order valence-electron chi connectivity index (χ1n) is 19.8. The molecule has 42 heavy (non-hydrogen) atoms. The molecule has 0 spiro atoms. The predicted molar refractivity (Wildman–Crippen MR) is 189 cm³/mol. The molecule has 0 radical (unpaired) electrons. The molecule has 1 aromatic heterocycles. The number of H-pyrrole nitrogens is 1. The molecule has 0 bridgehead atoms. The zero-order chi connectivity index (χ0) is 30.4. The molecular formula is C40H79N2+. The molecular weight excluding hydrogens is 508 g/mol. The van der Waals surface area contributed by atoms with E-state index in [4.69, 9.17) is 0 Å². The van der Waals surface area contributed by atoms with Gasteiger partial charge in [0.15, 0.2) is 0 Å². The Bertz CT molecular complexity index is 630. The van der Waals surface area contributed by atoms with Crippen LogP contribution in [0.4, 0.5) is 0 Å². The Morgan fingerprint density at radius 2 is 0.762 bits per heavy atom. The molecule has 1 rings (SSSR count). The number of aromatic amines is 1. The van der Waals surface area contributed by atoms with Crippen LogP contribution < -0.4 is 4.57 Å². The summed E-state index contributed by atoms with van der Waals surface area (Å²) in [7, 11) is 0. The van der Waals surface area contributed by atoms with Crippen LogP contribution in [0, 0.1) is 0 Å². The summed E-state index contributed by atoms with van der Waals surface area (Å²) in [6, 6.07) is 0.619. The average Bonchev–Trinajstić information content (AvgIpc) is 3.49. The number of aromatic nitrogens is 2. The highest BCUT2D eigenvalue weighted by Crippen LogP contribution is 2.27. The van der Waals surface area contributed by atoms with E-state index >= 15 is 0 Å². The van der Waals surface area contributed by atoms with Crippen LogP contribution >= 0.6 is 0 Å². The number of hydrogen-bond donors (Lipinski definition) is 1. The lowest BCUT2D eigenvalue weighted by Gasteiger charge is -2.17. The predicted octanol–water partition coefficient (Wildman–Crippen LogP) is 14.1. The Kier molecular flexibility index (Phi) is 28.3. The first kappa shape index (κ1) is 39.2. The minimum Gasteiger partial charge on any atom is -0.247 e. The molecule has 2 heteroatoms. The third-order valence-corrected chi connectivity index (χ3v) is 9.89. The standard InChI is InChI=1S/C40H78N2/c1-5-8-11-14-17-20-21-22-23-24-27-30-33-38(4)42-37-36-41-40(42)39(34-31-28-25-18-15-12-9-6-2)35-32-29-26-19-16-13-10-7-3/h36-39H,5-35H2,1-4H3/p+1. The summed E-state index contributed by atoms with van der Waals surface area (Å²) < 4.78 is 2.64. The Morgan fingerprint density at radius 1 is 0.452 bits per heavy atom. The molecule has 0 aliphatic rings. The van der Waals surface area contributed by atoms with Gasteiger partial charge in [-0.25, -0.2) is 9.55 Å². The van der Waals surface area contributed by atoms with Crippen molar-refractivity contribution in [3.63, 3.8) is 0 Å². The van der Waals surface area contributed by atoms with Crippen LogP contribution in [0.15, 0.2) is 12.4 Å². The molecule has 248 valence electrons. The monoisotopic (exact) mass is 588 g/mol. The second-order valence-electron chi connectivity index (χ2n) is 14.0. The Balaban J connectivity index is 2.39. The van der Waals surface area contributed by atoms with Crippen molar-refractivity contribution in [1.29, 1.82) is 0 Å². The van der Waals surface area contributed by atoms with Gasteiger partial charge in [0.25, 0.3) is 5.82 Å². The van der Waals surface area contributed by atoms with Gasteiger partial charge in [0.1, 0.15) is 12.4 Å². The van der Waals surface area contributed by atoms with Gasteiger partial charge in [-0.1, -0.05) is 194 Å². The van der Waals surface area contributed by atoms with Gasteiger partial charge in [-0.15, -0.1) is 0 Å². The zero-order valence-corrected chi connectivity index (χ0v) is 29.7. The van der Waals surface area contributed by atoms with Gasteiger partial charge < -0.3 is 0 Å². The van der Waals surface area contributed by atoms with Gasteiger partial charge in [0.2, 0.25) is 0 Å². The molecule has 0 amide bonds. The van der Waals surface area contributed by atoms with Crippen LogP contribution in [0.3, 0.4) is 0 Å². The molecule has 1 atom stereocenters. The average molecular weight is 588 g/mol. The highest BCUT2D eigenvalue weighted by Gasteiger charge is 2.25. The second kappa shape index (κ2) is 30.2. The normalized spacial score (nSPS) is 12.5. The van der Waals surface area contributed by atoms with E-state index in [-0.39, 0.29) is 0 Å². The topological polar surface area (TPSA) is 19.7 Å². The smallest absolute Gasteiger partial charge is 0.247 e. The van der Waals surface area contributed by atoms with Gasteiger partial charge in [-0.3, -0.25) is 0 Å². The van der Waals surface area contributed by atoms with E-state index < -0.39 is 0 Å². The lowest BCUT2D eigenvalue weighted by molar-refractivity contribution is -0.727. The number of hydrogen-bond acceptors (Lipinski definition) is 0. The van der Waals surface area contributed by atoms with E-state index in [1.165, 1.54) is 205 Å². The van der Waals surface area contributed by atoms with E-state index in [1.54, 1.807) is 0 Å². The molecule has 1 heterocycles. The van der Waals surface area contributed by atoms with Crippen LogP contribution in [0.25, 0.3) is 0 Å². The molecule has 1 aromatic rings. The maximum absolute atomic E-state index is 3.75. The third kappa shape index (κ3) is 21.8. The summed E-state index contributed by atoms with van der Waals surface area (Å²) in [4.78, 5) is 3.75. The van der Waals surface area contributed by atoms with Crippen LogP contribution in [0.2, 0.25) is 0 Å². The molecule has 0 aromatic carbocycles. The summed E-state index contributed by atoms with van der Waals surface area (Å²) in [5.74, 6) is 2.25. The molecule has 0 aliphatic heterocycles. The summed E-state index contributed by atoms with van der Waals surface area (Å²) in [5.41, 5.74) is 0. The number of nitrogens with zero attached hydrogens (tertiary/aromatic N) is 1. The van der Waals surface area contributed by atoms with Crippen molar-refractivity contribution in [1.82, 2.24) is 4.98 Å². The fraction of sp³-hybridized carbons (Fsp3) is 0.925. The summed E-state index contributed by atoms with van der Waals surface area (Å²) >= 11 is 0. The van der Waals surface area contributed by atoms with Crippen molar-refractivity contribution in [2.24, 2.45) is 0 Å². The molecule has 1 unspecified atom stereocenters. The fourth-order valence-electron chi connectivity index (χ4n) is 6.96. The lowest BCUT2D eigenvalue weighted by atomic mass is 9.92. The molecule has 0 saturated carbocycles. The van der Waals surface area contributed by atoms with Crippen molar-refractivity contribution in [3.8, 4) is 0 Å². The lowest BCUT2D eigenvalue weighted by Crippen LogP contribution is -2.41. The number of rotatable bonds is 33. The zero-order valence-electron chi connectivity index (χ0n) is 29.7. The van der Waals surface area contributed by atoms with Gasteiger partial charge in [-0.05, 0) is 32.6 Å². The van der Waals surface area contributed by atoms with Crippen molar-refractivity contribution >= 4 is 0 Å². The summed E-state index contributed by atoms with van der Waals surface area (Å²) in [5, 5.41) is 0. The summed E-state index contributed by atoms with van der Waals surface area (Å²) in [6.07, 6.45) is 48.7. The Labute approximate surface area is 266 Å².